The number of benzene rings is 2. The summed E-state index contributed by atoms with van der Waals surface area (Å²) in [6.07, 6.45) is 1.42. The summed E-state index contributed by atoms with van der Waals surface area (Å²) in [7, 11) is 6.74. The summed E-state index contributed by atoms with van der Waals surface area (Å²) in [6.45, 7) is -0.527. The summed E-state index contributed by atoms with van der Waals surface area (Å²) in [5.41, 5.74) is 1.68. The van der Waals surface area contributed by atoms with E-state index in [0.29, 0.717) is 17.1 Å². The predicted octanol–water partition coefficient (Wildman–Crippen LogP) is 3.10. The molecule has 0 bridgehead atoms. The smallest absolute Gasteiger partial charge is 0.349 e. The lowest BCUT2D eigenvalue weighted by Gasteiger charge is -2.12. The number of nitriles is 1. The van der Waals surface area contributed by atoms with Gasteiger partial charge in [0.05, 0.1) is 19.8 Å². The van der Waals surface area contributed by atoms with Crippen LogP contribution in [0.4, 0.5) is 5.69 Å². The standard InChI is InChI=1S/C22H22N2O5/c1-24(2)17-7-5-15(6-8-17)11-16(13-23)22(26)29-14-20(25)19-12-18(27-3)9-10-21(19)28-4/h5-12H,14H2,1-4H3. The van der Waals surface area contributed by atoms with E-state index in [0.717, 1.165) is 5.69 Å². The monoisotopic (exact) mass is 394 g/mol. The zero-order chi connectivity index (χ0) is 21.4. The van der Waals surface area contributed by atoms with Crippen molar-refractivity contribution in [1.82, 2.24) is 0 Å². The first-order valence-electron chi connectivity index (χ1n) is 8.71. The van der Waals surface area contributed by atoms with Gasteiger partial charge in [-0.1, -0.05) is 12.1 Å². The SMILES string of the molecule is COc1ccc(OC)c(C(=O)COC(=O)C(C#N)=Cc2ccc(N(C)C)cc2)c1. The van der Waals surface area contributed by atoms with Crippen LogP contribution in [0.2, 0.25) is 0 Å². The van der Waals surface area contributed by atoms with Gasteiger partial charge in [0, 0.05) is 19.8 Å². The van der Waals surface area contributed by atoms with Crippen LogP contribution < -0.4 is 14.4 Å². The highest BCUT2D eigenvalue weighted by Gasteiger charge is 2.18. The second-order valence-electron chi connectivity index (χ2n) is 6.22. The van der Waals surface area contributed by atoms with Crippen molar-refractivity contribution in [2.45, 2.75) is 0 Å². The van der Waals surface area contributed by atoms with E-state index in [-0.39, 0.29) is 11.1 Å². The van der Waals surface area contributed by atoms with Gasteiger partial charge in [0.1, 0.15) is 23.1 Å². The normalized spacial score (nSPS) is 10.7. The number of ether oxygens (including phenoxy) is 3. The van der Waals surface area contributed by atoms with E-state index in [9.17, 15) is 14.9 Å². The van der Waals surface area contributed by atoms with E-state index in [1.165, 1.54) is 26.4 Å². The molecule has 2 aromatic rings. The zero-order valence-electron chi connectivity index (χ0n) is 16.8. The van der Waals surface area contributed by atoms with E-state index < -0.39 is 18.4 Å². The molecule has 7 nitrogen and oxygen atoms in total. The van der Waals surface area contributed by atoms with Crippen LogP contribution >= 0.6 is 0 Å². The van der Waals surface area contributed by atoms with E-state index in [1.54, 1.807) is 24.3 Å². The first kappa shape index (κ1) is 21.5. The van der Waals surface area contributed by atoms with Crippen LogP contribution in [0.5, 0.6) is 11.5 Å². The molecule has 2 rings (SSSR count). The molecule has 0 saturated carbocycles. The Bertz CT molecular complexity index is 956. The van der Waals surface area contributed by atoms with Gasteiger partial charge in [-0.25, -0.2) is 4.79 Å². The first-order chi connectivity index (χ1) is 13.9. The summed E-state index contributed by atoms with van der Waals surface area (Å²) in [5, 5.41) is 9.28. The van der Waals surface area contributed by atoms with Crippen molar-refractivity contribution < 1.29 is 23.8 Å². The number of methoxy groups -OCH3 is 2. The fourth-order valence-corrected chi connectivity index (χ4v) is 2.49. The number of anilines is 1. The van der Waals surface area contributed by atoms with Gasteiger partial charge in [-0.05, 0) is 42.0 Å². The Hall–Kier alpha value is -3.79. The fourth-order valence-electron chi connectivity index (χ4n) is 2.49. The minimum atomic E-state index is -0.876. The number of ketones is 1. The van der Waals surface area contributed by atoms with E-state index in [2.05, 4.69) is 0 Å². The summed E-state index contributed by atoms with van der Waals surface area (Å²) in [6, 6.07) is 13.9. The third-order valence-electron chi connectivity index (χ3n) is 4.10. The van der Waals surface area contributed by atoms with Crippen LogP contribution in [-0.2, 0) is 9.53 Å². The van der Waals surface area contributed by atoms with Gasteiger partial charge in [-0.15, -0.1) is 0 Å². The maximum Gasteiger partial charge on any atom is 0.349 e. The van der Waals surface area contributed by atoms with Crippen molar-refractivity contribution in [3.8, 4) is 17.6 Å². The molecule has 2 aromatic carbocycles. The Kier molecular flexibility index (Phi) is 7.38. The summed E-state index contributed by atoms with van der Waals surface area (Å²) < 4.78 is 15.3. The van der Waals surface area contributed by atoms with E-state index >= 15 is 0 Å². The van der Waals surface area contributed by atoms with Crippen molar-refractivity contribution in [2.24, 2.45) is 0 Å². The molecule has 0 saturated heterocycles. The van der Waals surface area contributed by atoms with Crippen LogP contribution in [0.15, 0.2) is 48.0 Å². The first-order valence-corrected chi connectivity index (χ1v) is 8.71. The summed E-state index contributed by atoms with van der Waals surface area (Å²) in [4.78, 5) is 26.6. The average Bonchev–Trinajstić information content (AvgIpc) is 2.75. The Balaban J connectivity index is 2.10. The number of nitrogens with zero attached hydrogens (tertiary/aromatic N) is 2. The summed E-state index contributed by atoms with van der Waals surface area (Å²) >= 11 is 0. The molecule has 0 fully saturated rings. The molecular formula is C22H22N2O5. The molecule has 29 heavy (non-hydrogen) atoms. The topological polar surface area (TPSA) is 88.9 Å². The Morgan fingerprint density at radius 3 is 2.31 bits per heavy atom. The van der Waals surface area contributed by atoms with Crippen LogP contribution in [0, 0.1) is 11.3 Å². The van der Waals surface area contributed by atoms with Gasteiger partial charge >= 0.3 is 5.97 Å². The molecule has 0 spiro atoms. The highest BCUT2D eigenvalue weighted by molar-refractivity contribution is 6.03. The lowest BCUT2D eigenvalue weighted by molar-refractivity contribution is -0.137. The maximum absolute atomic E-state index is 12.4. The van der Waals surface area contributed by atoms with Gasteiger partial charge in [-0.3, -0.25) is 4.79 Å². The number of hydrogen-bond acceptors (Lipinski definition) is 7. The van der Waals surface area contributed by atoms with Gasteiger partial charge in [-0.2, -0.15) is 5.26 Å². The average molecular weight is 394 g/mol. The van der Waals surface area contributed by atoms with Crippen molar-refractivity contribution in [3.05, 3.63) is 59.2 Å². The zero-order valence-corrected chi connectivity index (χ0v) is 16.8. The second-order valence-corrected chi connectivity index (χ2v) is 6.22. The third-order valence-corrected chi connectivity index (χ3v) is 4.10. The van der Waals surface area contributed by atoms with Crippen LogP contribution in [0.1, 0.15) is 15.9 Å². The summed E-state index contributed by atoms with van der Waals surface area (Å²) in [5.74, 6) is -0.538. The number of carbonyl (C=O) groups is 2. The van der Waals surface area contributed by atoms with E-state index in [4.69, 9.17) is 14.2 Å². The Morgan fingerprint density at radius 2 is 1.76 bits per heavy atom. The van der Waals surface area contributed by atoms with Crippen LogP contribution in [0.25, 0.3) is 6.08 Å². The molecule has 0 aliphatic rings. The molecule has 0 radical (unpaired) electrons. The van der Waals surface area contributed by atoms with Crippen molar-refractivity contribution in [2.75, 3.05) is 39.8 Å². The Morgan fingerprint density at radius 1 is 1.07 bits per heavy atom. The molecule has 0 amide bonds. The van der Waals surface area contributed by atoms with Crippen molar-refractivity contribution >= 4 is 23.5 Å². The molecule has 150 valence electrons. The van der Waals surface area contributed by atoms with Gasteiger partial charge in [0.25, 0.3) is 0 Å². The van der Waals surface area contributed by atoms with Crippen LogP contribution in [-0.4, -0.2) is 46.7 Å². The quantitative estimate of drug-likeness (QED) is 0.294. The van der Waals surface area contributed by atoms with Crippen LogP contribution in [0.3, 0.4) is 0 Å². The van der Waals surface area contributed by atoms with Gasteiger partial charge in [0.15, 0.2) is 6.61 Å². The molecule has 0 heterocycles. The molecular weight excluding hydrogens is 372 g/mol. The highest BCUT2D eigenvalue weighted by Crippen LogP contribution is 2.24. The van der Waals surface area contributed by atoms with E-state index in [1.807, 2.05) is 37.2 Å². The fraction of sp³-hybridized carbons (Fsp3) is 0.227. The lowest BCUT2D eigenvalue weighted by Crippen LogP contribution is -2.16. The molecule has 0 N–H and O–H groups in total. The minimum Gasteiger partial charge on any atom is -0.497 e. The van der Waals surface area contributed by atoms with Crippen molar-refractivity contribution in [1.29, 1.82) is 5.26 Å². The Labute approximate surface area is 169 Å². The number of esters is 1. The number of Topliss-reactive ketones (excluding diaryl/α,β-unsaturated/α-hetero) is 1. The minimum absolute atomic E-state index is 0.201. The molecule has 0 aromatic heterocycles. The molecule has 0 atom stereocenters. The molecule has 0 aliphatic heterocycles. The highest BCUT2D eigenvalue weighted by atomic mass is 16.5. The predicted molar refractivity (Wildman–Crippen MR) is 109 cm³/mol. The van der Waals surface area contributed by atoms with Gasteiger partial charge < -0.3 is 19.1 Å². The second kappa shape index (κ2) is 9.95. The molecule has 0 aliphatic carbocycles. The third kappa shape index (κ3) is 5.59. The molecule has 7 heteroatoms. The maximum atomic E-state index is 12.4. The number of carbonyl (C=O) groups excluding carboxylic acids is 2. The number of rotatable bonds is 8. The largest absolute Gasteiger partial charge is 0.497 e. The van der Waals surface area contributed by atoms with Crippen molar-refractivity contribution in [3.63, 3.8) is 0 Å². The lowest BCUT2D eigenvalue weighted by atomic mass is 10.1. The molecule has 0 unspecified atom stereocenters. The van der Waals surface area contributed by atoms with Gasteiger partial charge in [0.2, 0.25) is 5.78 Å². The number of hydrogen-bond donors (Lipinski definition) is 0.